The Morgan fingerprint density at radius 3 is 2.35 bits per heavy atom. The van der Waals surface area contributed by atoms with Crippen LogP contribution in [0.2, 0.25) is 0 Å². The molecule has 12 heteroatoms. The van der Waals surface area contributed by atoms with E-state index in [0.29, 0.717) is 41.2 Å². The largest absolute Gasteiger partial charge is 0.417 e. The summed E-state index contributed by atoms with van der Waals surface area (Å²) in [6.07, 6.45) is -3.71. The first-order valence-corrected chi connectivity index (χ1v) is 12.6. The Labute approximate surface area is 227 Å². The number of halogens is 4. The molecule has 0 aliphatic carbocycles. The maximum Gasteiger partial charge on any atom is 0.417 e. The molecule has 0 radical (unpaired) electrons. The molecule has 1 fully saturated rings. The number of benzene rings is 1. The number of hydrogen-bond acceptors (Lipinski definition) is 7. The maximum atomic E-state index is 13.8. The van der Waals surface area contributed by atoms with Crippen molar-refractivity contribution in [1.82, 2.24) is 24.4 Å². The highest BCUT2D eigenvalue weighted by molar-refractivity contribution is 5.86. The molecule has 1 aliphatic rings. The second-order valence-electron chi connectivity index (χ2n) is 9.92. The van der Waals surface area contributed by atoms with Gasteiger partial charge in [-0.05, 0) is 55.8 Å². The highest BCUT2D eigenvalue weighted by atomic mass is 19.4. The van der Waals surface area contributed by atoms with Crippen LogP contribution in [0.5, 0.6) is 0 Å². The Bertz CT molecular complexity index is 1650. The molecule has 8 nitrogen and oxygen atoms in total. The predicted molar refractivity (Wildman–Crippen MR) is 140 cm³/mol. The summed E-state index contributed by atoms with van der Waals surface area (Å²) in [6.45, 7) is 4.71. The van der Waals surface area contributed by atoms with Gasteiger partial charge >= 0.3 is 11.9 Å². The number of hydrogen-bond donors (Lipinski definition) is 0. The Morgan fingerprint density at radius 2 is 1.73 bits per heavy atom. The molecule has 0 N–H and O–H groups in total. The maximum absolute atomic E-state index is 13.8. The van der Waals surface area contributed by atoms with Gasteiger partial charge in [-0.25, -0.2) is 14.2 Å². The molecule has 4 heterocycles. The van der Waals surface area contributed by atoms with E-state index in [9.17, 15) is 27.6 Å². The fourth-order valence-corrected chi connectivity index (χ4v) is 5.19. The summed E-state index contributed by atoms with van der Waals surface area (Å²) in [5, 5.41) is 9.39. The lowest BCUT2D eigenvalue weighted by molar-refractivity contribution is -0.137. The van der Waals surface area contributed by atoms with Crippen LogP contribution in [-0.4, -0.2) is 49.6 Å². The zero-order valence-corrected chi connectivity index (χ0v) is 21.9. The van der Waals surface area contributed by atoms with Crippen molar-refractivity contribution in [3.63, 3.8) is 0 Å². The topological polar surface area (TPSA) is 90.9 Å². The van der Waals surface area contributed by atoms with Gasteiger partial charge in [0.1, 0.15) is 23.1 Å². The average molecular weight is 552 g/mol. The third-order valence-corrected chi connectivity index (χ3v) is 7.27. The summed E-state index contributed by atoms with van der Waals surface area (Å²) in [4.78, 5) is 29.7. The van der Waals surface area contributed by atoms with Gasteiger partial charge in [-0.2, -0.15) is 23.4 Å². The zero-order valence-electron chi connectivity index (χ0n) is 21.9. The van der Waals surface area contributed by atoms with Crippen molar-refractivity contribution in [3.05, 3.63) is 93.5 Å². The lowest BCUT2D eigenvalue weighted by Crippen LogP contribution is -2.58. The monoisotopic (exact) mass is 551 g/mol. The van der Waals surface area contributed by atoms with Gasteiger partial charge in [0.05, 0.1) is 22.8 Å². The van der Waals surface area contributed by atoms with Crippen LogP contribution in [0.1, 0.15) is 42.4 Å². The van der Waals surface area contributed by atoms with E-state index in [0.717, 1.165) is 12.3 Å². The number of alkyl halides is 3. The van der Waals surface area contributed by atoms with Crippen LogP contribution in [0.3, 0.4) is 0 Å². The third kappa shape index (κ3) is 5.00. The van der Waals surface area contributed by atoms with Crippen LogP contribution in [0.15, 0.2) is 59.5 Å². The molecule has 0 bridgehead atoms. The molecule has 0 amide bonds. The third-order valence-electron chi connectivity index (χ3n) is 7.27. The smallest absolute Gasteiger partial charge is 0.349 e. The summed E-state index contributed by atoms with van der Waals surface area (Å²) in [5.74, 6) is -0.0675. The van der Waals surface area contributed by atoms with Gasteiger partial charge in [0.15, 0.2) is 5.82 Å². The Kier molecular flexibility index (Phi) is 7.01. The van der Waals surface area contributed by atoms with Crippen molar-refractivity contribution in [2.45, 2.75) is 38.1 Å². The highest BCUT2D eigenvalue weighted by Crippen LogP contribution is 2.36. The van der Waals surface area contributed by atoms with Gasteiger partial charge in [-0.15, -0.1) is 0 Å². The van der Waals surface area contributed by atoms with Crippen molar-refractivity contribution in [3.8, 4) is 6.07 Å². The molecule has 206 valence electrons. The standard InChI is InChI=1S/C28H25F4N7O/c1-16-15-39(26-24-23(37(3)27(40)36-26)11-9-21(12-33)35-24)17(2)14-38(16)25(18-4-7-20(29)8-5-18)22-10-6-19(13-34-22)28(30,31)32/h4-11,13,16-17,25H,14-15H2,1-3H3/t16-,17+,25?/m1/s1. The molecule has 40 heavy (non-hydrogen) atoms. The van der Waals surface area contributed by atoms with Gasteiger partial charge in [0, 0.05) is 38.4 Å². The van der Waals surface area contributed by atoms with Crippen LogP contribution in [0, 0.1) is 17.1 Å². The lowest BCUT2D eigenvalue weighted by Gasteiger charge is -2.47. The number of anilines is 1. The molecule has 0 spiro atoms. The van der Waals surface area contributed by atoms with Gasteiger partial charge in [-0.1, -0.05) is 12.1 Å². The Hall–Kier alpha value is -4.37. The van der Waals surface area contributed by atoms with Crippen LogP contribution in [0.4, 0.5) is 23.4 Å². The Morgan fingerprint density at radius 1 is 1.00 bits per heavy atom. The van der Waals surface area contributed by atoms with Crippen molar-refractivity contribution in [2.24, 2.45) is 7.05 Å². The first-order chi connectivity index (χ1) is 19.0. The summed E-state index contributed by atoms with van der Waals surface area (Å²) >= 11 is 0. The van der Waals surface area contributed by atoms with Crippen LogP contribution in [0.25, 0.3) is 11.0 Å². The zero-order chi connectivity index (χ0) is 28.8. The van der Waals surface area contributed by atoms with Crippen molar-refractivity contribution < 1.29 is 17.6 Å². The summed E-state index contributed by atoms with van der Waals surface area (Å²) < 4.78 is 54.8. The Balaban J connectivity index is 1.54. The SMILES string of the molecule is C[C@@H]1CN(c2nc(=O)n(C)c3ccc(C#N)nc23)[C@@H](C)CN1C(c1ccc(F)cc1)c1ccc(C(F)(F)F)cn1. The van der Waals surface area contributed by atoms with Crippen LogP contribution in [-0.2, 0) is 13.2 Å². The molecule has 3 atom stereocenters. The minimum absolute atomic E-state index is 0.193. The van der Waals surface area contributed by atoms with Gasteiger partial charge in [0.25, 0.3) is 0 Å². The van der Waals surface area contributed by atoms with Crippen LogP contribution >= 0.6 is 0 Å². The number of rotatable bonds is 4. The van der Waals surface area contributed by atoms with E-state index in [1.807, 2.05) is 24.8 Å². The van der Waals surface area contributed by atoms with Crippen molar-refractivity contribution in [2.75, 3.05) is 18.0 Å². The summed E-state index contributed by atoms with van der Waals surface area (Å²) in [5.41, 5.74) is 0.909. The second-order valence-corrected chi connectivity index (χ2v) is 9.92. The molecule has 1 saturated heterocycles. The normalized spacial score (nSPS) is 19.0. The van der Waals surface area contributed by atoms with Gasteiger partial charge in [0.2, 0.25) is 0 Å². The molecule has 1 aliphatic heterocycles. The molecule has 1 aromatic carbocycles. The van der Waals surface area contributed by atoms with E-state index in [2.05, 4.69) is 19.9 Å². The molecular formula is C28H25F4N7O. The highest BCUT2D eigenvalue weighted by Gasteiger charge is 2.38. The molecule has 1 unspecified atom stereocenters. The van der Waals surface area contributed by atoms with E-state index in [-0.39, 0.29) is 17.8 Å². The fourth-order valence-electron chi connectivity index (χ4n) is 5.19. The lowest BCUT2D eigenvalue weighted by atomic mass is 9.96. The fraction of sp³-hybridized carbons (Fsp3) is 0.321. The molecule has 5 rings (SSSR count). The number of pyridine rings is 2. The second kappa shape index (κ2) is 10.3. The molecule has 0 saturated carbocycles. The average Bonchev–Trinajstić information content (AvgIpc) is 2.93. The number of nitriles is 1. The molecule has 4 aromatic rings. The first-order valence-electron chi connectivity index (χ1n) is 12.6. The van der Waals surface area contributed by atoms with E-state index < -0.39 is 29.3 Å². The van der Waals surface area contributed by atoms with E-state index in [4.69, 9.17) is 0 Å². The quantitative estimate of drug-likeness (QED) is 0.347. The number of aromatic nitrogens is 4. The number of piperazine rings is 1. The van der Waals surface area contributed by atoms with E-state index in [1.54, 1.807) is 31.3 Å². The number of nitrogens with zero attached hydrogens (tertiary/aromatic N) is 7. The first kappa shape index (κ1) is 27.2. The van der Waals surface area contributed by atoms with E-state index in [1.165, 1.54) is 22.8 Å². The minimum atomic E-state index is -4.52. The number of aryl methyl sites for hydroxylation is 1. The van der Waals surface area contributed by atoms with Crippen molar-refractivity contribution >= 4 is 16.9 Å². The van der Waals surface area contributed by atoms with Crippen LogP contribution < -0.4 is 10.6 Å². The van der Waals surface area contributed by atoms with Gasteiger partial charge < -0.3 is 4.90 Å². The molecule has 3 aromatic heterocycles. The van der Waals surface area contributed by atoms with Gasteiger partial charge in [-0.3, -0.25) is 14.5 Å². The van der Waals surface area contributed by atoms with E-state index >= 15 is 0 Å². The number of fused-ring (bicyclic) bond motifs is 1. The minimum Gasteiger partial charge on any atom is -0.349 e. The van der Waals surface area contributed by atoms with Crippen molar-refractivity contribution in [1.29, 1.82) is 5.26 Å². The summed E-state index contributed by atoms with van der Waals surface area (Å²) in [6, 6.07) is 12.4. The molecular weight excluding hydrogens is 526 g/mol. The predicted octanol–water partition coefficient (Wildman–Crippen LogP) is 4.44. The summed E-state index contributed by atoms with van der Waals surface area (Å²) in [7, 11) is 1.59.